The summed E-state index contributed by atoms with van der Waals surface area (Å²) in [5.41, 5.74) is 17.2. The van der Waals surface area contributed by atoms with Gasteiger partial charge in [0.25, 0.3) is 0 Å². The number of rotatable bonds is 10. The first-order valence-corrected chi connectivity index (χ1v) is 30.2. The lowest BCUT2D eigenvalue weighted by molar-refractivity contribution is 0.852. The SMILES string of the molecule is C=Cc1cc(=O)c2cc(-c3cc(Cl)c4ncc(-c5ccc(-c6nc7[nH]ccc(=O)c7c(C)c6-c6cc(Cl)c7ncc(-c8cccc(-c9nc%10[nH]cc(C(C)C)c(=O)c%10cc9-c9cc(Cl)c%10ncccc%10c9)c8)cc7c6)cc5)cc4c3)c(-c3ccccc3)nc2[nH]1. The van der Waals surface area contributed by atoms with Gasteiger partial charge in [-0.1, -0.05) is 134 Å². The van der Waals surface area contributed by atoms with E-state index < -0.39 is 0 Å². The molecule has 0 unspecified atom stereocenters. The van der Waals surface area contributed by atoms with Gasteiger partial charge in [-0.25, -0.2) is 15.0 Å². The van der Waals surface area contributed by atoms with Crippen LogP contribution < -0.4 is 16.3 Å². The van der Waals surface area contributed by atoms with E-state index in [9.17, 15) is 14.4 Å². The standard InChI is InChI=1S/C75H48Cl3N9O3/c1-5-53-32-63(89)56-33-54(66(86-74(56)84-53)41-11-7-6-8-12-41)47-25-49-27-51(35-81-69(49)60(77)30-47)40-16-18-42(19-17-40)71-64(39(4)65-62(88)20-22-80-75(65)87-71)48-26-50-28-52(36-82-70(50)61(78)31-48)43-13-9-14-44(23-43)67-55(46-24-45-15-10-21-79-68(45)59(76)29-46)34-57-72(90)58(38(2)3)37-83-73(57)85-67/h5-38H,1H2,2-4H3,(H,80,87,88)(H,83,85,90)(H,84,86,89). The average Bonchev–Trinajstić information content (AvgIpc) is 0.846. The number of fused-ring (bicyclic) bond motifs is 6. The molecule has 432 valence electrons. The predicted molar refractivity (Wildman–Crippen MR) is 368 cm³/mol. The third-order valence-electron chi connectivity index (χ3n) is 16.8. The third-order valence-corrected chi connectivity index (χ3v) is 17.6. The van der Waals surface area contributed by atoms with Crippen molar-refractivity contribution in [3.8, 4) is 89.4 Å². The van der Waals surface area contributed by atoms with E-state index in [1.54, 1.807) is 30.9 Å². The van der Waals surface area contributed by atoms with Crippen molar-refractivity contribution >= 4 is 107 Å². The Morgan fingerprint density at radius 3 is 1.77 bits per heavy atom. The Hall–Kier alpha value is -10.8. The zero-order valence-electron chi connectivity index (χ0n) is 48.4. The number of hydrogen-bond acceptors (Lipinski definition) is 9. The van der Waals surface area contributed by atoms with E-state index in [1.165, 1.54) is 12.1 Å². The lowest BCUT2D eigenvalue weighted by atomic mass is 9.91. The summed E-state index contributed by atoms with van der Waals surface area (Å²) in [4.78, 5) is 80.7. The van der Waals surface area contributed by atoms with Crippen LogP contribution in [0.25, 0.3) is 161 Å². The Balaban J connectivity index is 0.814. The van der Waals surface area contributed by atoms with Gasteiger partial charge in [-0.15, -0.1) is 0 Å². The number of aromatic nitrogens is 9. The van der Waals surface area contributed by atoms with Crippen LogP contribution in [0.3, 0.4) is 0 Å². The molecule has 0 amide bonds. The first-order valence-electron chi connectivity index (χ1n) is 29.0. The maximum atomic E-state index is 14.0. The first-order chi connectivity index (χ1) is 43.7. The second-order valence-electron chi connectivity index (χ2n) is 22.7. The second kappa shape index (κ2) is 22.1. The van der Waals surface area contributed by atoms with E-state index in [1.807, 2.05) is 160 Å². The number of halogens is 3. The molecule has 0 spiro atoms. The van der Waals surface area contributed by atoms with Crippen molar-refractivity contribution in [2.24, 2.45) is 0 Å². The highest BCUT2D eigenvalue weighted by atomic mass is 35.5. The van der Waals surface area contributed by atoms with E-state index >= 15 is 0 Å². The molecule has 15 heteroatoms. The topological polar surface area (TPSA) is 176 Å². The minimum atomic E-state index is -0.177. The minimum Gasteiger partial charge on any atom is -0.346 e. The molecular formula is C75H48Cl3N9O3. The Bertz CT molecular complexity index is 5750. The first kappa shape index (κ1) is 55.8. The van der Waals surface area contributed by atoms with Crippen LogP contribution in [0.2, 0.25) is 15.1 Å². The average molecular weight is 1230 g/mol. The highest BCUT2D eigenvalue weighted by Gasteiger charge is 2.23. The summed E-state index contributed by atoms with van der Waals surface area (Å²) in [6, 6.07) is 52.5. The van der Waals surface area contributed by atoms with Crippen molar-refractivity contribution in [1.82, 2.24) is 44.9 Å². The Morgan fingerprint density at radius 1 is 0.478 bits per heavy atom. The quantitative estimate of drug-likeness (QED) is 0.120. The minimum absolute atomic E-state index is 0.000528. The van der Waals surface area contributed by atoms with E-state index in [0.717, 1.165) is 94.0 Å². The smallest absolute Gasteiger partial charge is 0.194 e. The molecule has 12 nitrogen and oxygen atoms in total. The molecule has 3 N–H and O–H groups in total. The van der Waals surface area contributed by atoms with Crippen LogP contribution in [-0.2, 0) is 0 Å². The van der Waals surface area contributed by atoms with Gasteiger partial charge in [-0.3, -0.25) is 29.3 Å². The molecule has 0 saturated carbocycles. The monoisotopic (exact) mass is 1230 g/mol. The highest BCUT2D eigenvalue weighted by molar-refractivity contribution is 6.36. The molecule has 15 aromatic rings. The number of hydrogen-bond donors (Lipinski definition) is 3. The highest BCUT2D eigenvalue weighted by Crippen LogP contribution is 2.43. The maximum Gasteiger partial charge on any atom is 0.194 e. The molecule has 0 atom stereocenters. The van der Waals surface area contributed by atoms with Crippen LogP contribution in [0.15, 0.2) is 216 Å². The summed E-state index contributed by atoms with van der Waals surface area (Å²) < 4.78 is 0. The summed E-state index contributed by atoms with van der Waals surface area (Å²) in [6.07, 6.45) is 10.3. The molecule has 90 heavy (non-hydrogen) atoms. The number of pyridine rings is 9. The zero-order chi connectivity index (χ0) is 61.6. The molecule has 0 fully saturated rings. The van der Waals surface area contributed by atoms with Gasteiger partial charge in [0.15, 0.2) is 16.3 Å². The number of aryl methyl sites for hydroxylation is 1. The fraction of sp³-hybridized carbons (Fsp3) is 0.0533. The second-order valence-corrected chi connectivity index (χ2v) is 23.9. The summed E-state index contributed by atoms with van der Waals surface area (Å²) in [7, 11) is 0. The zero-order valence-corrected chi connectivity index (χ0v) is 50.6. The molecule has 9 heterocycles. The lowest BCUT2D eigenvalue weighted by Crippen LogP contribution is -2.12. The summed E-state index contributed by atoms with van der Waals surface area (Å²) in [6.45, 7) is 9.78. The molecule has 0 aliphatic heterocycles. The Morgan fingerprint density at radius 2 is 1.06 bits per heavy atom. The van der Waals surface area contributed by atoms with E-state index in [4.69, 9.17) is 59.7 Å². The van der Waals surface area contributed by atoms with E-state index in [2.05, 4.69) is 44.7 Å². The van der Waals surface area contributed by atoms with Crippen molar-refractivity contribution in [3.05, 3.63) is 264 Å². The predicted octanol–water partition coefficient (Wildman–Crippen LogP) is 18.4. The van der Waals surface area contributed by atoms with Gasteiger partial charge < -0.3 is 15.0 Å². The largest absolute Gasteiger partial charge is 0.346 e. The van der Waals surface area contributed by atoms with Crippen molar-refractivity contribution in [2.45, 2.75) is 26.7 Å². The molecule has 0 aliphatic carbocycles. The molecule has 0 saturated heterocycles. The van der Waals surface area contributed by atoms with Crippen LogP contribution in [0.4, 0.5) is 0 Å². The molecule has 9 aromatic heterocycles. The van der Waals surface area contributed by atoms with E-state index in [0.29, 0.717) is 93.1 Å². The summed E-state index contributed by atoms with van der Waals surface area (Å²) >= 11 is 21.2. The van der Waals surface area contributed by atoms with E-state index in [-0.39, 0.29) is 22.2 Å². The summed E-state index contributed by atoms with van der Waals surface area (Å²) in [5.74, 6) is -0.000528. The Labute approximate surface area is 528 Å². The van der Waals surface area contributed by atoms with Crippen LogP contribution in [0.1, 0.15) is 36.6 Å². The van der Waals surface area contributed by atoms with Crippen LogP contribution in [0.5, 0.6) is 0 Å². The molecule has 0 bridgehead atoms. The number of aromatic amines is 3. The fourth-order valence-corrected chi connectivity index (χ4v) is 13.1. The molecule has 0 radical (unpaired) electrons. The van der Waals surface area contributed by atoms with Gasteiger partial charge >= 0.3 is 0 Å². The van der Waals surface area contributed by atoms with Crippen LogP contribution in [0, 0.1) is 6.92 Å². The van der Waals surface area contributed by atoms with Crippen molar-refractivity contribution in [1.29, 1.82) is 0 Å². The van der Waals surface area contributed by atoms with Gasteiger partial charge in [0.05, 0.1) is 64.9 Å². The van der Waals surface area contributed by atoms with Gasteiger partial charge in [-0.2, -0.15) is 0 Å². The lowest BCUT2D eigenvalue weighted by Gasteiger charge is -2.17. The number of H-pyrrole nitrogens is 3. The molecular weight excluding hydrogens is 1180 g/mol. The number of nitrogens with zero attached hydrogens (tertiary/aromatic N) is 6. The molecule has 6 aromatic carbocycles. The number of benzene rings is 6. The van der Waals surface area contributed by atoms with Crippen LogP contribution in [-0.4, -0.2) is 44.9 Å². The molecule has 15 rings (SSSR count). The molecule has 0 aliphatic rings. The van der Waals surface area contributed by atoms with Crippen LogP contribution >= 0.6 is 34.8 Å². The van der Waals surface area contributed by atoms with Crippen molar-refractivity contribution < 1.29 is 0 Å². The number of nitrogens with one attached hydrogen (secondary N) is 3. The van der Waals surface area contributed by atoms with Crippen molar-refractivity contribution in [3.63, 3.8) is 0 Å². The summed E-state index contributed by atoms with van der Waals surface area (Å²) in [5, 5.41) is 5.15. The maximum absolute atomic E-state index is 14.0. The van der Waals surface area contributed by atoms with Gasteiger partial charge in [0, 0.05) is 115 Å². The Kier molecular flexibility index (Phi) is 13.7. The van der Waals surface area contributed by atoms with Crippen molar-refractivity contribution in [2.75, 3.05) is 0 Å². The van der Waals surface area contributed by atoms with Gasteiger partial charge in [0.2, 0.25) is 0 Å². The third kappa shape index (κ3) is 9.69. The van der Waals surface area contributed by atoms with Gasteiger partial charge in [-0.05, 0) is 125 Å². The normalized spacial score (nSPS) is 11.7. The van der Waals surface area contributed by atoms with Gasteiger partial charge in [0.1, 0.15) is 16.9 Å². The fourth-order valence-electron chi connectivity index (χ4n) is 12.3.